The molecule has 0 aliphatic heterocycles. The van der Waals surface area contributed by atoms with E-state index in [1.165, 1.54) is 6.07 Å². The summed E-state index contributed by atoms with van der Waals surface area (Å²) in [6, 6.07) is 10.9. The van der Waals surface area contributed by atoms with Crippen molar-refractivity contribution in [1.29, 1.82) is 5.26 Å². The molecular formula is C15H11N3O2. The van der Waals surface area contributed by atoms with Gasteiger partial charge in [-0.2, -0.15) is 5.26 Å². The zero-order chi connectivity index (χ0) is 14.3. The molecule has 0 amide bonds. The highest BCUT2D eigenvalue weighted by Crippen LogP contribution is 2.35. The van der Waals surface area contributed by atoms with Crippen LogP contribution in [0.15, 0.2) is 35.1 Å². The van der Waals surface area contributed by atoms with E-state index in [0.717, 1.165) is 22.2 Å². The van der Waals surface area contributed by atoms with Crippen molar-refractivity contribution < 1.29 is 5.11 Å². The Hall–Kier alpha value is -3.00. The maximum atomic E-state index is 11.6. The van der Waals surface area contributed by atoms with E-state index >= 15 is 0 Å². The van der Waals surface area contributed by atoms with E-state index in [0.29, 0.717) is 5.56 Å². The Bertz CT molecular complexity index is 913. The molecule has 3 aromatic rings. The first kappa shape index (κ1) is 12.1. The molecule has 0 radical (unpaired) electrons. The van der Waals surface area contributed by atoms with Crippen LogP contribution < -0.4 is 5.56 Å². The van der Waals surface area contributed by atoms with E-state index < -0.39 is 11.4 Å². The van der Waals surface area contributed by atoms with Crippen LogP contribution in [-0.4, -0.2) is 15.1 Å². The number of nitriles is 1. The molecule has 0 atom stereocenters. The molecule has 0 unspecified atom stereocenters. The summed E-state index contributed by atoms with van der Waals surface area (Å²) in [5.41, 5.74) is 2.58. The van der Waals surface area contributed by atoms with Gasteiger partial charge in [0.15, 0.2) is 0 Å². The van der Waals surface area contributed by atoms with Crippen molar-refractivity contribution in [2.24, 2.45) is 0 Å². The summed E-state index contributed by atoms with van der Waals surface area (Å²) in [5, 5.41) is 19.9. The van der Waals surface area contributed by atoms with Gasteiger partial charge in [-0.1, -0.05) is 18.2 Å². The highest BCUT2D eigenvalue weighted by molar-refractivity contribution is 5.98. The zero-order valence-electron chi connectivity index (χ0n) is 10.7. The molecule has 0 aliphatic carbocycles. The number of para-hydroxylation sites is 1. The Labute approximate surface area is 114 Å². The van der Waals surface area contributed by atoms with Crippen LogP contribution in [0.3, 0.4) is 0 Å². The number of fused-ring (bicyclic) bond motifs is 1. The third-order valence-corrected chi connectivity index (χ3v) is 3.30. The third-order valence-electron chi connectivity index (χ3n) is 3.30. The third kappa shape index (κ3) is 1.67. The molecule has 98 valence electrons. The molecule has 1 aromatic carbocycles. The van der Waals surface area contributed by atoms with Crippen molar-refractivity contribution in [3.05, 3.63) is 51.9 Å². The minimum absolute atomic E-state index is 0.0671. The van der Waals surface area contributed by atoms with Crippen LogP contribution in [0, 0.1) is 18.3 Å². The first-order valence-corrected chi connectivity index (χ1v) is 6.06. The Balaban J connectivity index is 2.46. The number of rotatable bonds is 1. The molecule has 0 bridgehead atoms. The number of nitrogens with one attached hydrogen (secondary N) is 2. The van der Waals surface area contributed by atoms with E-state index in [1.54, 1.807) is 0 Å². The van der Waals surface area contributed by atoms with Gasteiger partial charge in [0.25, 0.3) is 5.56 Å². The van der Waals surface area contributed by atoms with E-state index in [-0.39, 0.29) is 5.56 Å². The van der Waals surface area contributed by atoms with Gasteiger partial charge in [-0.3, -0.25) is 9.78 Å². The number of aromatic hydroxyl groups is 1. The molecule has 3 N–H and O–H groups in total. The van der Waals surface area contributed by atoms with E-state index in [2.05, 4.69) is 9.97 Å². The van der Waals surface area contributed by atoms with Gasteiger partial charge in [0, 0.05) is 33.8 Å². The quantitative estimate of drug-likeness (QED) is 0.630. The summed E-state index contributed by atoms with van der Waals surface area (Å²) in [4.78, 5) is 17.0. The van der Waals surface area contributed by atoms with Crippen molar-refractivity contribution in [3.63, 3.8) is 0 Å². The molecule has 0 fully saturated rings. The Kier molecular flexibility index (Phi) is 2.58. The summed E-state index contributed by atoms with van der Waals surface area (Å²) >= 11 is 0. The largest absolute Gasteiger partial charge is 0.494 e. The number of aryl methyl sites for hydroxylation is 1. The number of benzene rings is 1. The van der Waals surface area contributed by atoms with Gasteiger partial charge in [0.2, 0.25) is 5.88 Å². The summed E-state index contributed by atoms with van der Waals surface area (Å²) in [6.45, 7) is 1.87. The lowest BCUT2D eigenvalue weighted by molar-refractivity contribution is 0.450. The van der Waals surface area contributed by atoms with Crippen LogP contribution in [0.5, 0.6) is 5.88 Å². The molecule has 5 heteroatoms. The number of nitrogens with zero attached hydrogens (tertiary/aromatic N) is 1. The van der Waals surface area contributed by atoms with Crippen molar-refractivity contribution in [1.82, 2.24) is 9.97 Å². The second kappa shape index (κ2) is 4.28. The molecule has 0 spiro atoms. The van der Waals surface area contributed by atoms with Crippen LogP contribution >= 0.6 is 0 Å². The fourth-order valence-corrected chi connectivity index (χ4v) is 2.48. The van der Waals surface area contributed by atoms with E-state index in [9.17, 15) is 15.2 Å². The summed E-state index contributed by atoms with van der Waals surface area (Å²) in [7, 11) is 0. The fraction of sp³-hybridized carbons (Fsp3) is 0.0667. The first-order chi connectivity index (χ1) is 9.61. The van der Waals surface area contributed by atoms with Crippen molar-refractivity contribution >= 4 is 10.9 Å². The Morgan fingerprint density at radius 1 is 1.25 bits per heavy atom. The van der Waals surface area contributed by atoms with E-state index in [1.807, 2.05) is 37.3 Å². The van der Waals surface area contributed by atoms with Crippen LogP contribution in [0.2, 0.25) is 0 Å². The van der Waals surface area contributed by atoms with Crippen molar-refractivity contribution in [2.45, 2.75) is 6.92 Å². The number of aromatic nitrogens is 2. The van der Waals surface area contributed by atoms with Gasteiger partial charge in [0.1, 0.15) is 11.6 Å². The molecule has 20 heavy (non-hydrogen) atoms. The molecular weight excluding hydrogens is 254 g/mol. The topological polar surface area (TPSA) is 92.7 Å². The summed E-state index contributed by atoms with van der Waals surface area (Å²) < 4.78 is 0. The number of hydrogen-bond acceptors (Lipinski definition) is 3. The molecule has 3 rings (SSSR count). The van der Waals surface area contributed by atoms with Crippen molar-refractivity contribution in [2.75, 3.05) is 0 Å². The van der Waals surface area contributed by atoms with Gasteiger partial charge in [0.05, 0.1) is 0 Å². The van der Waals surface area contributed by atoms with Gasteiger partial charge < -0.3 is 10.1 Å². The van der Waals surface area contributed by atoms with Gasteiger partial charge in [-0.05, 0) is 13.0 Å². The summed E-state index contributed by atoms with van der Waals surface area (Å²) in [6.07, 6.45) is 0. The predicted octanol–water partition coefficient (Wildman–Crippen LogP) is 2.41. The smallest absolute Gasteiger partial charge is 0.251 e. The van der Waals surface area contributed by atoms with Crippen LogP contribution in [0.4, 0.5) is 0 Å². The number of H-pyrrole nitrogens is 2. The second-order valence-electron chi connectivity index (χ2n) is 4.55. The van der Waals surface area contributed by atoms with Crippen LogP contribution in [0.25, 0.3) is 22.0 Å². The van der Waals surface area contributed by atoms with Gasteiger partial charge >= 0.3 is 0 Å². The normalized spacial score (nSPS) is 10.6. The maximum absolute atomic E-state index is 11.6. The lowest BCUT2D eigenvalue weighted by Gasteiger charge is -2.05. The van der Waals surface area contributed by atoms with Gasteiger partial charge in [-0.15, -0.1) is 0 Å². The van der Waals surface area contributed by atoms with Crippen molar-refractivity contribution in [3.8, 4) is 23.1 Å². The second-order valence-corrected chi connectivity index (χ2v) is 4.55. The first-order valence-electron chi connectivity index (χ1n) is 6.06. The molecule has 0 aliphatic rings. The average molecular weight is 265 g/mol. The van der Waals surface area contributed by atoms with Crippen LogP contribution in [-0.2, 0) is 0 Å². The monoisotopic (exact) mass is 265 g/mol. The average Bonchev–Trinajstić information content (AvgIpc) is 2.73. The zero-order valence-corrected chi connectivity index (χ0v) is 10.7. The molecule has 5 nitrogen and oxygen atoms in total. The highest BCUT2D eigenvalue weighted by atomic mass is 16.3. The molecule has 0 saturated heterocycles. The maximum Gasteiger partial charge on any atom is 0.251 e. The number of aromatic amines is 2. The fourth-order valence-electron chi connectivity index (χ4n) is 2.48. The minimum atomic E-state index is -0.443. The van der Waals surface area contributed by atoms with Crippen LogP contribution in [0.1, 0.15) is 11.3 Å². The standard InChI is InChI=1S/C15H11N3O2/c1-8-14(9-4-2-3-5-12(9)17-8)10-6-13(19)18-15(20)11(10)7-16/h2-6,17H,1H3,(H2,18,19,20). The lowest BCUT2D eigenvalue weighted by atomic mass is 9.99. The molecule has 2 heterocycles. The minimum Gasteiger partial charge on any atom is -0.494 e. The molecule has 0 saturated carbocycles. The summed E-state index contributed by atoms with van der Waals surface area (Å²) in [5.74, 6) is -0.403. The Morgan fingerprint density at radius 3 is 2.75 bits per heavy atom. The van der Waals surface area contributed by atoms with E-state index in [4.69, 9.17) is 0 Å². The van der Waals surface area contributed by atoms with Gasteiger partial charge in [-0.25, -0.2) is 0 Å². The Morgan fingerprint density at radius 2 is 2.00 bits per heavy atom. The number of pyridine rings is 1. The number of hydrogen-bond donors (Lipinski definition) is 3. The lowest BCUT2D eigenvalue weighted by Crippen LogP contribution is -2.06. The SMILES string of the molecule is Cc1[nH]c2ccccc2c1-c1cc(=O)[nH]c(O)c1C#N. The molecule has 2 aromatic heterocycles. The predicted molar refractivity (Wildman–Crippen MR) is 75.5 cm³/mol. The highest BCUT2D eigenvalue weighted by Gasteiger charge is 2.17.